The SMILES string of the molecule is CCC(C)(C#N)C(=O)Nc1c(F)cccc1[N+](=O)[O-]. The first-order valence-electron chi connectivity index (χ1n) is 5.51. The number of halogens is 1. The lowest BCUT2D eigenvalue weighted by Gasteiger charge is -2.18. The molecule has 1 N–H and O–H groups in total. The van der Waals surface area contributed by atoms with Gasteiger partial charge in [0.1, 0.15) is 5.41 Å². The van der Waals surface area contributed by atoms with Crippen molar-refractivity contribution in [2.75, 3.05) is 5.32 Å². The second-order valence-corrected chi connectivity index (χ2v) is 4.14. The lowest BCUT2D eigenvalue weighted by atomic mass is 9.88. The van der Waals surface area contributed by atoms with Crippen LogP contribution in [0.3, 0.4) is 0 Å². The molecule has 1 aromatic carbocycles. The number of rotatable bonds is 4. The summed E-state index contributed by atoms with van der Waals surface area (Å²) in [6.07, 6.45) is 0.206. The van der Waals surface area contributed by atoms with Crippen LogP contribution in [0.4, 0.5) is 15.8 Å². The minimum atomic E-state index is -1.36. The van der Waals surface area contributed by atoms with E-state index in [4.69, 9.17) is 5.26 Å². The molecule has 0 spiro atoms. The van der Waals surface area contributed by atoms with E-state index in [1.165, 1.54) is 13.0 Å². The van der Waals surface area contributed by atoms with Crippen molar-refractivity contribution in [2.45, 2.75) is 20.3 Å². The Morgan fingerprint density at radius 3 is 2.74 bits per heavy atom. The van der Waals surface area contributed by atoms with Crippen LogP contribution in [0.5, 0.6) is 0 Å². The number of amides is 1. The van der Waals surface area contributed by atoms with Crippen LogP contribution in [0.2, 0.25) is 0 Å². The normalized spacial score (nSPS) is 13.2. The summed E-state index contributed by atoms with van der Waals surface area (Å²) in [5.74, 6) is -1.69. The molecule has 6 nitrogen and oxygen atoms in total. The van der Waals surface area contributed by atoms with Crippen LogP contribution in [-0.4, -0.2) is 10.8 Å². The Balaban J connectivity index is 3.17. The first-order chi connectivity index (χ1) is 8.85. The van der Waals surface area contributed by atoms with Gasteiger partial charge in [-0.1, -0.05) is 13.0 Å². The van der Waals surface area contributed by atoms with Gasteiger partial charge in [-0.2, -0.15) is 5.26 Å². The summed E-state index contributed by atoms with van der Waals surface area (Å²) in [6, 6.07) is 5.06. The van der Waals surface area contributed by atoms with Gasteiger partial charge in [0.05, 0.1) is 11.0 Å². The molecule has 19 heavy (non-hydrogen) atoms. The van der Waals surface area contributed by atoms with Crippen molar-refractivity contribution in [1.29, 1.82) is 5.26 Å². The molecule has 1 atom stereocenters. The van der Waals surface area contributed by atoms with Gasteiger partial charge >= 0.3 is 0 Å². The van der Waals surface area contributed by atoms with Gasteiger partial charge in [-0.15, -0.1) is 0 Å². The number of hydrogen-bond acceptors (Lipinski definition) is 4. The molecule has 7 heteroatoms. The van der Waals surface area contributed by atoms with Crippen LogP contribution >= 0.6 is 0 Å². The number of carbonyl (C=O) groups excluding carboxylic acids is 1. The summed E-state index contributed by atoms with van der Waals surface area (Å²) in [5, 5.41) is 21.8. The zero-order valence-electron chi connectivity index (χ0n) is 10.4. The van der Waals surface area contributed by atoms with Gasteiger partial charge in [-0.05, 0) is 19.4 Å². The van der Waals surface area contributed by atoms with Gasteiger partial charge in [0, 0.05) is 6.07 Å². The number of anilines is 1. The first-order valence-corrected chi connectivity index (χ1v) is 5.51. The zero-order valence-corrected chi connectivity index (χ0v) is 10.4. The quantitative estimate of drug-likeness (QED) is 0.668. The standard InChI is InChI=1S/C12H12FN3O3/c1-3-12(2,7-14)11(17)15-10-8(13)5-4-6-9(10)16(18)19/h4-6H,3H2,1-2H3,(H,15,17). The number of nitriles is 1. The Labute approximate surface area is 109 Å². The fraction of sp³-hybridized carbons (Fsp3) is 0.333. The highest BCUT2D eigenvalue weighted by atomic mass is 19.1. The maximum absolute atomic E-state index is 13.6. The number of hydrogen-bond donors (Lipinski definition) is 1. The molecule has 1 aromatic rings. The fourth-order valence-corrected chi connectivity index (χ4v) is 1.33. The average molecular weight is 265 g/mol. The highest BCUT2D eigenvalue weighted by Crippen LogP contribution is 2.30. The highest BCUT2D eigenvalue weighted by molar-refractivity contribution is 5.98. The number of para-hydroxylation sites is 1. The molecule has 0 fully saturated rings. The van der Waals surface area contributed by atoms with E-state index >= 15 is 0 Å². The number of nitrogens with one attached hydrogen (secondary N) is 1. The molecule has 1 unspecified atom stereocenters. The van der Waals surface area contributed by atoms with Gasteiger partial charge in [0.2, 0.25) is 5.91 Å². The van der Waals surface area contributed by atoms with Crippen LogP contribution in [0.1, 0.15) is 20.3 Å². The largest absolute Gasteiger partial charge is 0.317 e. The van der Waals surface area contributed by atoms with Gasteiger partial charge in [-0.25, -0.2) is 4.39 Å². The second-order valence-electron chi connectivity index (χ2n) is 4.14. The summed E-state index contributed by atoms with van der Waals surface area (Å²) in [6.45, 7) is 3.01. The predicted octanol–water partition coefficient (Wildman–Crippen LogP) is 2.61. The van der Waals surface area contributed by atoms with Crippen molar-refractivity contribution in [3.8, 4) is 6.07 Å². The molecule has 1 rings (SSSR count). The zero-order chi connectivity index (χ0) is 14.6. The third-order valence-corrected chi connectivity index (χ3v) is 2.88. The van der Waals surface area contributed by atoms with Gasteiger partial charge in [0.15, 0.2) is 11.5 Å². The van der Waals surface area contributed by atoms with Crippen molar-refractivity contribution in [2.24, 2.45) is 5.41 Å². The second kappa shape index (κ2) is 5.44. The minimum absolute atomic E-state index is 0.206. The molecule has 0 radical (unpaired) electrons. The number of nitro groups is 1. The molecule has 1 amide bonds. The van der Waals surface area contributed by atoms with E-state index in [2.05, 4.69) is 5.32 Å². The Hall–Kier alpha value is -2.49. The number of carbonyl (C=O) groups is 1. The molecule has 0 saturated heterocycles. The molecular formula is C12H12FN3O3. The average Bonchev–Trinajstić information content (AvgIpc) is 2.39. The molecule has 100 valence electrons. The maximum Gasteiger partial charge on any atom is 0.295 e. The Morgan fingerprint density at radius 2 is 2.26 bits per heavy atom. The van der Waals surface area contributed by atoms with Crippen molar-refractivity contribution >= 4 is 17.3 Å². The Morgan fingerprint density at radius 1 is 1.63 bits per heavy atom. The van der Waals surface area contributed by atoms with E-state index < -0.39 is 33.4 Å². The molecule has 0 aliphatic heterocycles. The summed E-state index contributed by atoms with van der Waals surface area (Å²) < 4.78 is 13.6. The number of nitro benzene ring substituents is 1. The molecule has 0 aliphatic carbocycles. The smallest absolute Gasteiger partial charge is 0.295 e. The van der Waals surface area contributed by atoms with Crippen LogP contribution in [0, 0.1) is 32.7 Å². The maximum atomic E-state index is 13.6. The van der Waals surface area contributed by atoms with E-state index in [9.17, 15) is 19.3 Å². The summed E-state index contributed by atoms with van der Waals surface area (Å²) in [5.41, 5.74) is -2.44. The molecule has 0 aromatic heterocycles. The topological polar surface area (TPSA) is 96.0 Å². The molecule has 0 saturated carbocycles. The number of benzene rings is 1. The monoisotopic (exact) mass is 265 g/mol. The van der Waals surface area contributed by atoms with E-state index in [0.29, 0.717) is 0 Å². The van der Waals surface area contributed by atoms with E-state index in [0.717, 1.165) is 12.1 Å². The number of nitrogens with zero attached hydrogens (tertiary/aromatic N) is 2. The molecule has 0 heterocycles. The molecular weight excluding hydrogens is 253 g/mol. The van der Waals surface area contributed by atoms with Crippen LogP contribution in [-0.2, 0) is 4.79 Å². The summed E-state index contributed by atoms with van der Waals surface area (Å²) in [7, 11) is 0. The third-order valence-electron chi connectivity index (χ3n) is 2.88. The van der Waals surface area contributed by atoms with Gasteiger partial charge in [-0.3, -0.25) is 14.9 Å². The van der Waals surface area contributed by atoms with Crippen LogP contribution in [0.15, 0.2) is 18.2 Å². The minimum Gasteiger partial charge on any atom is -0.317 e. The van der Waals surface area contributed by atoms with Gasteiger partial charge < -0.3 is 5.32 Å². The van der Waals surface area contributed by atoms with Crippen molar-refractivity contribution in [3.63, 3.8) is 0 Å². The predicted molar refractivity (Wildman–Crippen MR) is 65.7 cm³/mol. The van der Waals surface area contributed by atoms with Crippen LogP contribution in [0.25, 0.3) is 0 Å². The van der Waals surface area contributed by atoms with E-state index in [1.54, 1.807) is 6.92 Å². The Kier molecular flexibility index (Phi) is 4.17. The summed E-state index contributed by atoms with van der Waals surface area (Å²) in [4.78, 5) is 21.9. The van der Waals surface area contributed by atoms with E-state index in [-0.39, 0.29) is 6.42 Å². The molecule has 0 aliphatic rings. The first kappa shape index (κ1) is 14.6. The fourth-order valence-electron chi connectivity index (χ4n) is 1.33. The lowest BCUT2D eigenvalue weighted by Crippen LogP contribution is -2.32. The van der Waals surface area contributed by atoms with Crippen molar-refractivity contribution in [3.05, 3.63) is 34.1 Å². The highest BCUT2D eigenvalue weighted by Gasteiger charge is 2.33. The van der Waals surface area contributed by atoms with Gasteiger partial charge in [0.25, 0.3) is 5.69 Å². The van der Waals surface area contributed by atoms with Crippen LogP contribution < -0.4 is 5.32 Å². The molecule has 0 bridgehead atoms. The summed E-state index contributed by atoms with van der Waals surface area (Å²) >= 11 is 0. The third kappa shape index (κ3) is 2.85. The Bertz CT molecular complexity index is 568. The lowest BCUT2D eigenvalue weighted by molar-refractivity contribution is -0.384. The van der Waals surface area contributed by atoms with Crippen molar-refractivity contribution in [1.82, 2.24) is 0 Å². The van der Waals surface area contributed by atoms with E-state index in [1.807, 2.05) is 6.07 Å². The van der Waals surface area contributed by atoms with Crippen molar-refractivity contribution < 1.29 is 14.1 Å².